The van der Waals surface area contributed by atoms with E-state index >= 15 is 0 Å². The van der Waals surface area contributed by atoms with Crippen LogP contribution in [0.3, 0.4) is 0 Å². The smallest absolute Gasteiger partial charge is 0.306 e. The van der Waals surface area contributed by atoms with Gasteiger partial charge in [-0.2, -0.15) is 0 Å². The van der Waals surface area contributed by atoms with Crippen molar-refractivity contribution in [2.75, 3.05) is 0 Å². The van der Waals surface area contributed by atoms with Crippen molar-refractivity contribution in [1.82, 2.24) is 5.32 Å². The highest BCUT2D eigenvalue weighted by molar-refractivity contribution is 6.42. The summed E-state index contributed by atoms with van der Waals surface area (Å²) in [5, 5.41) is 12.5. The van der Waals surface area contributed by atoms with Crippen LogP contribution in [0.1, 0.15) is 26.2 Å². The highest BCUT2D eigenvalue weighted by Gasteiger charge is 2.31. The van der Waals surface area contributed by atoms with Gasteiger partial charge < -0.3 is 15.2 Å². The number of nitrogens with one attached hydrogen (secondary N) is 1. The molecule has 0 aromatic heterocycles. The molecule has 1 aliphatic carbocycles. The van der Waals surface area contributed by atoms with E-state index in [2.05, 4.69) is 5.32 Å². The minimum absolute atomic E-state index is 0.117. The molecule has 0 heterocycles. The number of halogens is 2. The van der Waals surface area contributed by atoms with Crippen LogP contribution in [0.25, 0.3) is 0 Å². The maximum Gasteiger partial charge on any atom is 0.306 e. The van der Waals surface area contributed by atoms with E-state index in [0.29, 0.717) is 35.1 Å². The van der Waals surface area contributed by atoms with Gasteiger partial charge in [0, 0.05) is 12.1 Å². The molecular formula is C15H17Cl2NO4. The van der Waals surface area contributed by atoms with Gasteiger partial charge in [0.15, 0.2) is 6.10 Å². The number of amides is 1. The highest BCUT2D eigenvalue weighted by Crippen LogP contribution is 2.27. The maximum absolute atomic E-state index is 12.1. The van der Waals surface area contributed by atoms with Crippen molar-refractivity contribution in [2.45, 2.75) is 38.3 Å². The van der Waals surface area contributed by atoms with Gasteiger partial charge in [0.05, 0.1) is 16.0 Å². The lowest BCUT2D eigenvalue weighted by atomic mass is 10.1. The molecule has 1 unspecified atom stereocenters. The number of benzene rings is 1. The molecule has 3 atom stereocenters. The predicted octanol–water partition coefficient (Wildman–Crippen LogP) is 3.13. The Morgan fingerprint density at radius 3 is 2.64 bits per heavy atom. The number of ether oxygens (including phenoxy) is 1. The summed E-state index contributed by atoms with van der Waals surface area (Å²) >= 11 is 11.7. The molecule has 0 bridgehead atoms. The number of carbonyl (C=O) groups is 2. The van der Waals surface area contributed by atoms with E-state index in [1.807, 2.05) is 0 Å². The second kappa shape index (κ2) is 7.20. The Bertz CT molecular complexity index is 579. The number of aliphatic carboxylic acids is 1. The Morgan fingerprint density at radius 1 is 1.32 bits per heavy atom. The van der Waals surface area contributed by atoms with Crippen LogP contribution in [-0.4, -0.2) is 29.1 Å². The number of rotatable bonds is 5. The van der Waals surface area contributed by atoms with Crippen LogP contribution in [0.15, 0.2) is 18.2 Å². The van der Waals surface area contributed by atoms with Gasteiger partial charge in [-0.1, -0.05) is 23.2 Å². The first-order chi connectivity index (χ1) is 10.4. The normalized spacial score (nSPS) is 22.1. The van der Waals surface area contributed by atoms with Gasteiger partial charge in [0.1, 0.15) is 5.75 Å². The molecular weight excluding hydrogens is 329 g/mol. The molecule has 1 aromatic rings. The molecule has 0 spiro atoms. The highest BCUT2D eigenvalue weighted by atomic mass is 35.5. The first-order valence-corrected chi connectivity index (χ1v) is 7.77. The average molecular weight is 346 g/mol. The molecule has 1 saturated carbocycles. The summed E-state index contributed by atoms with van der Waals surface area (Å²) in [7, 11) is 0. The minimum Gasteiger partial charge on any atom is -0.481 e. The molecule has 2 rings (SSSR count). The zero-order valence-electron chi connectivity index (χ0n) is 12.0. The third kappa shape index (κ3) is 4.27. The summed E-state index contributed by atoms with van der Waals surface area (Å²) in [6, 6.07) is 4.66. The molecule has 0 radical (unpaired) electrons. The van der Waals surface area contributed by atoms with Gasteiger partial charge in [-0.25, -0.2) is 0 Å². The lowest BCUT2D eigenvalue weighted by molar-refractivity contribution is -0.141. The third-order valence-electron chi connectivity index (χ3n) is 3.70. The quantitative estimate of drug-likeness (QED) is 0.859. The van der Waals surface area contributed by atoms with Crippen LogP contribution in [-0.2, 0) is 9.59 Å². The lowest BCUT2D eigenvalue weighted by Crippen LogP contribution is -2.41. The van der Waals surface area contributed by atoms with Gasteiger partial charge in [-0.05, 0) is 38.3 Å². The van der Waals surface area contributed by atoms with E-state index in [-0.39, 0.29) is 17.9 Å². The molecule has 2 N–H and O–H groups in total. The van der Waals surface area contributed by atoms with Gasteiger partial charge in [-0.3, -0.25) is 9.59 Å². The van der Waals surface area contributed by atoms with Crippen LogP contribution < -0.4 is 10.1 Å². The number of hydrogen-bond acceptors (Lipinski definition) is 3. The largest absolute Gasteiger partial charge is 0.481 e. The molecule has 0 saturated heterocycles. The first-order valence-electron chi connectivity index (χ1n) is 7.01. The van der Waals surface area contributed by atoms with E-state index in [1.54, 1.807) is 25.1 Å². The van der Waals surface area contributed by atoms with Crippen LogP contribution in [0, 0.1) is 5.92 Å². The van der Waals surface area contributed by atoms with Gasteiger partial charge in [0.2, 0.25) is 0 Å². The van der Waals surface area contributed by atoms with E-state index in [9.17, 15) is 9.59 Å². The summed E-state index contributed by atoms with van der Waals surface area (Å²) in [4.78, 5) is 23.0. The van der Waals surface area contributed by atoms with E-state index in [1.165, 1.54) is 0 Å². The summed E-state index contributed by atoms with van der Waals surface area (Å²) in [5.74, 6) is -1.01. The molecule has 0 aliphatic heterocycles. The Morgan fingerprint density at radius 2 is 2.05 bits per heavy atom. The third-order valence-corrected chi connectivity index (χ3v) is 4.44. The van der Waals surface area contributed by atoms with Crippen molar-refractivity contribution in [2.24, 2.45) is 5.92 Å². The molecule has 1 fully saturated rings. The fourth-order valence-corrected chi connectivity index (χ4v) is 2.75. The van der Waals surface area contributed by atoms with E-state index in [0.717, 1.165) is 0 Å². The van der Waals surface area contributed by atoms with Crippen LogP contribution in [0.4, 0.5) is 0 Å². The van der Waals surface area contributed by atoms with Crippen molar-refractivity contribution in [3.63, 3.8) is 0 Å². The Kier molecular flexibility index (Phi) is 5.53. The zero-order valence-corrected chi connectivity index (χ0v) is 13.5. The monoisotopic (exact) mass is 345 g/mol. The zero-order chi connectivity index (χ0) is 16.3. The SMILES string of the molecule is CC(Oc1ccc(Cl)c(Cl)c1)C(=O)N[C@H]1CC[C@@H](C(=O)O)C1. The molecule has 7 heteroatoms. The molecule has 120 valence electrons. The van der Waals surface area contributed by atoms with Crippen molar-refractivity contribution in [3.05, 3.63) is 28.2 Å². The van der Waals surface area contributed by atoms with E-state index < -0.39 is 12.1 Å². The van der Waals surface area contributed by atoms with Crippen molar-refractivity contribution in [3.8, 4) is 5.75 Å². The lowest BCUT2D eigenvalue weighted by Gasteiger charge is -2.18. The van der Waals surface area contributed by atoms with Crippen molar-refractivity contribution < 1.29 is 19.4 Å². The van der Waals surface area contributed by atoms with Crippen LogP contribution in [0.2, 0.25) is 10.0 Å². The second-order valence-electron chi connectivity index (χ2n) is 5.39. The number of carboxylic acids is 1. The average Bonchev–Trinajstić information content (AvgIpc) is 2.91. The summed E-state index contributed by atoms with van der Waals surface area (Å²) < 4.78 is 5.53. The first kappa shape index (κ1) is 16.9. The standard InChI is InChI=1S/C15H17Cl2NO4/c1-8(22-11-4-5-12(16)13(17)7-11)14(19)18-10-3-2-9(6-10)15(20)21/h4-5,7-10H,2-3,6H2,1H3,(H,18,19)(H,20,21)/t8?,9-,10+/m1/s1. The Balaban J connectivity index is 1.87. The fraction of sp³-hybridized carbons (Fsp3) is 0.467. The fourth-order valence-electron chi connectivity index (χ4n) is 2.46. The minimum atomic E-state index is -0.808. The van der Waals surface area contributed by atoms with E-state index in [4.69, 9.17) is 33.0 Å². The second-order valence-corrected chi connectivity index (χ2v) is 6.20. The summed E-state index contributed by atoms with van der Waals surface area (Å²) in [6.07, 6.45) is 1.01. The Labute approximate surface area is 138 Å². The summed E-state index contributed by atoms with van der Waals surface area (Å²) in [5.41, 5.74) is 0. The van der Waals surface area contributed by atoms with Crippen molar-refractivity contribution >= 4 is 35.1 Å². The maximum atomic E-state index is 12.1. The molecule has 22 heavy (non-hydrogen) atoms. The number of carboxylic acid groups (broad SMARTS) is 1. The van der Waals surface area contributed by atoms with Gasteiger partial charge in [-0.15, -0.1) is 0 Å². The Hall–Kier alpha value is -1.46. The predicted molar refractivity (Wildman–Crippen MR) is 83.5 cm³/mol. The molecule has 1 amide bonds. The van der Waals surface area contributed by atoms with Crippen LogP contribution in [0.5, 0.6) is 5.75 Å². The number of hydrogen-bond donors (Lipinski definition) is 2. The summed E-state index contributed by atoms with van der Waals surface area (Å²) in [6.45, 7) is 1.63. The van der Waals surface area contributed by atoms with Crippen LogP contribution >= 0.6 is 23.2 Å². The molecule has 5 nitrogen and oxygen atoms in total. The molecule has 1 aromatic carbocycles. The van der Waals surface area contributed by atoms with Gasteiger partial charge >= 0.3 is 5.97 Å². The molecule has 1 aliphatic rings. The van der Waals surface area contributed by atoms with Crippen molar-refractivity contribution in [1.29, 1.82) is 0 Å². The van der Waals surface area contributed by atoms with Gasteiger partial charge in [0.25, 0.3) is 5.91 Å². The number of carbonyl (C=O) groups excluding carboxylic acids is 1. The topological polar surface area (TPSA) is 75.6 Å².